The number of pyridine rings is 1. The molecule has 0 aliphatic heterocycles. The van der Waals surface area contributed by atoms with E-state index in [1.54, 1.807) is 6.07 Å². The van der Waals surface area contributed by atoms with Gasteiger partial charge in [0, 0.05) is 28.1 Å². The molecule has 1 N–H and O–H groups in total. The molecule has 0 spiro atoms. The molecule has 2 aromatic rings. The number of nitrogens with zero attached hydrogens (tertiary/aromatic N) is 1. The van der Waals surface area contributed by atoms with Crippen molar-refractivity contribution < 1.29 is 4.39 Å². The number of nitrogens with one attached hydrogen (secondary N) is 1. The number of halogens is 2. The second kappa shape index (κ2) is 4.84. The first-order chi connectivity index (χ1) is 8.06. The number of benzene rings is 1. The van der Waals surface area contributed by atoms with Crippen molar-refractivity contribution in [1.29, 1.82) is 0 Å². The SMILES string of the molecule is Cc1cc(Br)cc(C)c1Nc1ccnc(F)c1. The first kappa shape index (κ1) is 12.0. The average molecular weight is 295 g/mol. The maximum absolute atomic E-state index is 13.0. The van der Waals surface area contributed by atoms with Gasteiger partial charge in [-0.2, -0.15) is 4.39 Å². The van der Waals surface area contributed by atoms with Crippen LogP contribution in [0.25, 0.3) is 0 Å². The molecular formula is C13H12BrFN2. The standard InChI is InChI=1S/C13H12BrFN2/c1-8-5-10(14)6-9(2)13(8)17-11-3-4-16-12(15)7-11/h3-7H,1-2H3,(H,16,17). The van der Waals surface area contributed by atoms with Gasteiger partial charge in [0.25, 0.3) is 0 Å². The largest absolute Gasteiger partial charge is 0.355 e. The molecule has 2 nitrogen and oxygen atoms in total. The summed E-state index contributed by atoms with van der Waals surface area (Å²) in [6.07, 6.45) is 1.45. The highest BCUT2D eigenvalue weighted by molar-refractivity contribution is 9.10. The van der Waals surface area contributed by atoms with Crippen LogP contribution < -0.4 is 5.32 Å². The van der Waals surface area contributed by atoms with E-state index in [2.05, 4.69) is 26.2 Å². The zero-order valence-corrected chi connectivity index (χ0v) is 11.2. The molecule has 0 unspecified atom stereocenters. The van der Waals surface area contributed by atoms with Crippen LogP contribution in [-0.4, -0.2) is 4.98 Å². The second-order valence-corrected chi connectivity index (χ2v) is 4.82. The number of aryl methyl sites for hydroxylation is 2. The smallest absolute Gasteiger partial charge is 0.214 e. The molecule has 17 heavy (non-hydrogen) atoms. The molecule has 0 radical (unpaired) electrons. The summed E-state index contributed by atoms with van der Waals surface area (Å²) < 4.78 is 14.0. The van der Waals surface area contributed by atoms with Crippen LogP contribution in [0.4, 0.5) is 15.8 Å². The van der Waals surface area contributed by atoms with Crippen molar-refractivity contribution in [2.75, 3.05) is 5.32 Å². The minimum Gasteiger partial charge on any atom is -0.355 e. The average Bonchev–Trinajstić information content (AvgIpc) is 2.23. The zero-order valence-electron chi connectivity index (χ0n) is 9.59. The Kier molecular flexibility index (Phi) is 3.43. The van der Waals surface area contributed by atoms with Crippen LogP contribution in [0.5, 0.6) is 0 Å². The first-order valence-electron chi connectivity index (χ1n) is 5.21. The van der Waals surface area contributed by atoms with Gasteiger partial charge >= 0.3 is 0 Å². The van der Waals surface area contributed by atoms with Gasteiger partial charge in [-0.15, -0.1) is 0 Å². The summed E-state index contributed by atoms with van der Waals surface area (Å²) in [5, 5.41) is 3.21. The lowest BCUT2D eigenvalue weighted by Gasteiger charge is -2.13. The lowest BCUT2D eigenvalue weighted by atomic mass is 10.1. The summed E-state index contributed by atoms with van der Waals surface area (Å²) in [6, 6.07) is 7.16. The highest BCUT2D eigenvalue weighted by Gasteiger charge is 2.05. The highest BCUT2D eigenvalue weighted by atomic mass is 79.9. The molecule has 0 fully saturated rings. The van der Waals surface area contributed by atoms with Crippen LogP contribution >= 0.6 is 15.9 Å². The van der Waals surface area contributed by atoms with E-state index in [1.807, 2.05) is 26.0 Å². The molecule has 1 aromatic carbocycles. The Bertz CT molecular complexity index is 532. The minimum absolute atomic E-state index is 0.484. The molecule has 4 heteroatoms. The normalized spacial score (nSPS) is 10.4. The first-order valence-corrected chi connectivity index (χ1v) is 6.01. The molecular weight excluding hydrogens is 283 g/mol. The van der Waals surface area contributed by atoms with Crippen LogP contribution in [-0.2, 0) is 0 Å². The van der Waals surface area contributed by atoms with Crippen LogP contribution in [0.15, 0.2) is 34.9 Å². The van der Waals surface area contributed by atoms with E-state index < -0.39 is 5.95 Å². The van der Waals surface area contributed by atoms with Gasteiger partial charge in [-0.05, 0) is 43.2 Å². The molecule has 0 amide bonds. The Hall–Kier alpha value is -1.42. The summed E-state index contributed by atoms with van der Waals surface area (Å²) >= 11 is 3.45. The van der Waals surface area contributed by atoms with E-state index in [0.29, 0.717) is 5.69 Å². The Morgan fingerprint density at radius 1 is 1.18 bits per heavy atom. The molecule has 2 rings (SSSR count). The van der Waals surface area contributed by atoms with E-state index in [9.17, 15) is 4.39 Å². The van der Waals surface area contributed by atoms with Gasteiger partial charge in [0.2, 0.25) is 5.95 Å². The van der Waals surface area contributed by atoms with E-state index in [1.165, 1.54) is 12.3 Å². The Morgan fingerprint density at radius 3 is 2.41 bits per heavy atom. The van der Waals surface area contributed by atoms with Crippen LogP contribution in [0.1, 0.15) is 11.1 Å². The second-order valence-electron chi connectivity index (χ2n) is 3.91. The van der Waals surface area contributed by atoms with E-state index >= 15 is 0 Å². The van der Waals surface area contributed by atoms with Crippen LogP contribution in [0.3, 0.4) is 0 Å². The number of aromatic nitrogens is 1. The van der Waals surface area contributed by atoms with Crippen LogP contribution in [0.2, 0.25) is 0 Å². The van der Waals surface area contributed by atoms with Crippen molar-refractivity contribution in [2.45, 2.75) is 13.8 Å². The number of anilines is 2. The van der Waals surface area contributed by atoms with Gasteiger partial charge in [-0.3, -0.25) is 0 Å². The molecule has 0 saturated heterocycles. The molecule has 0 saturated carbocycles. The monoisotopic (exact) mass is 294 g/mol. The van der Waals surface area contributed by atoms with E-state index in [-0.39, 0.29) is 0 Å². The molecule has 0 aliphatic carbocycles. The van der Waals surface area contributed by atoms with Crippen molar-refractivity contribution in [2.24, 2.45) is 0 Å². The van der Waals surface area contributed by atoms with E-state index in [0.717, 1.165) is 21.3 Å². The fraction of sp³-hybridized carbons (Fsp3) is 0.154. The number of hydrogen-bond donors (Lipinski definition) is 1. The minimum atomic E-state index is -0.484. The summed E-state index contributed by atoms with van der Waals surface area (Å²) in [4.78, 5) is 3.53. The lowest BCUT2D eigenvalue weighted by molar-refractivity contribution is 0.584. The Balaban J connectivity index is 2.36. The topological polar surface area (TPSA) is 24.9 Å². The number of rotatable bonds is 2. The quantitative estimate of drug-likeness (QED) is 0.833. The number of hydrogen-bond acceptors (Lipinski definition) is 2. The molecule has 88 valence electrons. The third-order valence-corrected chi connectivity index (χ3v) is 2.95. The lowest BCUT2D eigenvalue weighted by Crippen LogP contribution is -1.97. The van der Waals surface area contributed by atoms with Gasteiger partial charge in [-0.1, -0.05) is 15.9 Å². The van der Waals surface area contributed by atoms with Gasteiger partial charge in [0.1, 0.15) is 0 Å². The van der Waals surface area contributed by atoms with Crippen molar-refractivity contribution in [3.05, 3.63) is 52.0 Å². The Labute approximate surface area is 108 Å². The van der Waals surface area contributed by atoms with Crippen molar-refractivity contribution >= 4 is 27.3 Å². The molecule has 0 bridgehead atoms. The van der Waals surface area contributed by atoms with Gasteiger partial charge in [0.05, 0.1) is 0 Å². The van der Waals surface area contributed by atoms with Gasteiger partial charge in [-0.25, -0.2) is 4.98 Å². The van der Waals surface area contributed by atoms with Crippen molar-refractivity contribution in [1.82, 2.24) is 4.98 Å². The molecule has 0 aliphatic rings. The summed E-state index contributed by atoms with van der Waals surface area (Å²) in [5.41, 5.74) is 3.91. The van der Waals surface area contributed by atoms with E-state index in [4.69, 9.17) is 0 Å². The third kappa shape index (κ3) is 2.82. The summed E-state index contributed by atoms with van der Waals surface area (Å²) in [7, 11) is 0. The maximum Gasteiger partial charge on any atom is 0.214 e. The van der Waals surface area contributed by atoms with Gasteiger partial charge < -0.3 is 5.32 Å². The van der Waals surface area contributed by atoms with Crippen molar-refractivity contribution in [3.63, 3.8) is 0 Å². The predicted molar refractivity (Wildman–Crippen MR) is 71.1 cm³/mol. The fourth-order valence-electron chi connectivity index (χ4n) is 1.73. The highest BCUT2D eigenvalue weighted by Crippen LogP contribution is 2.27. The zero-order chi connectivity index (χ0) is 12.4. The maximum atomic E-state index is 13.0. The molecule has 1 heterocycles. The van der Waals surface area contributed by atoms with Crippen molar-refractivity contribution in [3.8, 4) is 0 Å². The predicted octanol–water partition coefficient (Wildman–Crippen LogP) is 4.34. The van der Waals surface area contributed by atoms with Crippen LogP contribution in [0, 0.1) is 19.8 Å². The summed E-state index contributed by atoms with van der Waals surface area (Å²) in [6.45, 7) is 4.02. The summed E-state index contributed by atoms with van der Waals surface area (Å²) in [5.74, 6) is -0.484. The fourth-order valence-corrected chi connectivity index (χ4v) is 2.42. The molecule has 1 aromatic heterocycles. The Morgan fingerprint density at radius 2 is 1.82 bits per heavy atom. The molecule has 0 atom stereocenters. The van der Waals surface area contributed by atoms with Gasteiger partial charge in [0.15, 0.2) is 0 Å². The third-order valence-electron chi connectivity index (χ3n) is 2.49.